The Morgan fingerprint density at radius 1 is 1.32 bits per heavy atom. The van der Waals surface area contributed by atoms with E-state index in [4.69, 9.17) is 4.74 Å². The largest absolute Gasteiger partial charge is 0.494 e. The van der Waals surface area contributed by atoms with E-state index in [1.54, 1.807) is 28.6 Å². The molecule has 0 N–H and O–H groups in total. The standard InChI is InChI=1S/C14H21NO3S/c1-3-18-13-6-8-14(9-7-13)19(16,17)15-10-4-5-12(2)11-15/h6-9,12H,3-5,10-11H2,1-2H3/t12-/m1/s1. The summed E-state index contributed by atoms with van der Waals surface area (Å²) in [5.41, 5.74) is 0. The molecular formula is C14H21NO3S. The molecule has 1 atom stereocenters. The maximum Gasteiger partial charge on any atom is 0.243 e. The smallest absolute Gasteiger partial charge is 0.243 e. The molecule has 1 aromatic rings. The fourth-order valence-electron chi connectivity index (χ4n) is 2.39. The van der Waals surface area contributed by atoms with Crippen LogP contribution in [-0.4, -0.2) is 32.4 Å². The highest BCUT2D eigenvalue weighted by atomic mass is 32.2. The number of benzene rings is 1. The highest BCUT2D eigenvalue weighted by Gasteiger charge is 2.28. The van der Waals surface area contributed by atoms with Gasteiger partial charge in [-0.2, -0.15) is 4.31 Å². The Kier molecular flexibility index (Phi) is 4.47. The lowest BCUT2D eigenvalue weighted by Gasteiger charge is -2.30. The molecule has 106 valence electrons. The zero-order valence-electron chi connectivity index (χ0n) is 11.5. The first-order valence-electron chi connectivity index (χ1n) is 6.77. The molecule has 0 radical (unpaired) electrons. The predicted octanol–water partition coefficient (Wildman–Crippen LogP) is 2.51. The van der Waals surface area contributed by atoms with Gasteiger partial charge in [0.15, 0.2) is 0 Å². The fourth-order valence-corrected chi connectivity index (χ4v) is 3.99. The van der Waals surface area contributed by atoms with Gasteiger partial charge in [-0.15, -0.1) is 0 Å². The molecular weight excluding hydrogens is 262 g/mol. The van der Waals surface area contributed by atoms with Gasteiger partial charge in [-0.25, -0.2) is 8.42 Å². The van der Waals surface area contributed by atoms with Gasteiger partial charge in [-0.3, -0.25) is 0 Å². The highest BCUT2D eigenvalue weighted by molar-refractivity contribution is 7.89. The van der Waals surface area contributed by atoms with E-state index in [0.717, 1.165) is 12.8 Å². The first kappa shape index (κ1) is 14.3. The van der Waals surface area contributed by atoms with Crippen LogP contribution in [0.5, 0.6) is 5.75 Å². The maximum atomic E-state index is 12.5. The van der Waals surface area contributed by atoms with E-state index < -0.39 is 10.0 Å². The van der Waals surface area contributed by atoms with E-state index in [-0.39, 0.29) is 0 Å². The van der Waals surface area contributed by atoms with Gasteiger partial charge in [0.1, 0.15) is 5.75 Å². The number of nitrogens with zero attached hydrogens (tertiary/aromatic N) is 1. The van der Waals surface area contributed by atoms with Gasteiger partial charge in [0.25, 0.3) is 0 Å². The quantitative estimate of drug-likeness (QED) is 0.853. The van der Waals surface area contributed by atoms with Crippen molar-refractivity contribution in [3.8, 4) is 5.75 Å². The minimum absolute atomic E-state index is 0.352. The lowest BCUT2D eigenvalue weighted by atomic mass is 10.0. The third kappa shape index (κ3) is 3.28. The SMILES string of the molecule is CCOc1ccc(S(=O)(=O)N2CCC[C@@H](C)C2)cc1. The van der Waals surface area contributed by atoms with E-state index >= 15 is 0 Å². The van der Waals surface area contributed by atoms with Gasteiger partial charge >= 0.3 is 0 Å². The average Bonchev–Trinajstić information content (AvgIpc) is 2.40. The van der Waals surface area contributed by atoms with Crippen molar-refractivity contribution < 1.29 is 13.2 Å². The molecule has 0 unspecified atom stereocenters. The van der Waals surface area contributed by atoms with Gasteiger partial charge in [-0.1, -0.05) is 6.92 Å². The Balaban J connectivity index is 2.18. The van der Waals surface area contributed by atoms with Crippen LogP contribution in [0.25, 0.3) is 0 Å². The molecule has 1 fully saturated rings. The van der Waals surface area contributed by atoms with Crippen LogP contribution in [0.1, 0.15) is 26.7 Å². The summed E-state index contributed by atoms with van der Waals surface area (Å²) in [6.45, 7) is 5.82. The minimum atomic E-state index is -3.35. The third-order valence-electron chi connectivity index (χ3n) is 3.39. The number of hydrogen-bond acceptors (Lipinski definition) is 3. The van der Waals surface area contributed by atoms with Crippen LogP contribution in [0.15, 0.2) is 29.2 Å². The van der Waals surface area contributed by atoms with Crippen LogP contribution < -0.4 is 4.74 Å². The van der Waals surface area contributed by atoms with Crippen molar-refractivity contribution in [2.75, 3.05) is 19.7 Å². The molecule has 1 aliphatic heterocycles. The minimum Gasteiger partial charge on any atom is -0.494 e. The summed E-state index contributed by atoms with van der Waals surface area (Å²) in [4.78, 5) is 0.352. The van der Waals surface area contributed by atoms with E-state index in [9.17, 15) is 8.42 Å². The van der Waals surface area contributed by atoms with Gasteiger partial charge in [0, 0.05) is 13.1 Å². The Labute approximate surface area is 115 Å². The molecule has 1 aliphatic rings. The summed E-state index contributed by atoms with van der Waals surface area (Å²) < 4.78 is 31.9. The normalized spacial score (nSPS) is 21.3. The Hall–Kier alpha value is -1.07. The van der Waals surface area contributed by atoms with Crippen molar-refractivity contribution >= 4 is 10.0 Å². The lowest BCUT2D eigenvalue weighted by molar-refractivity contribution is 0.281. The highest BCUT2D eigenvalue weighted by Crippen LogP contribution is 2.24. The molecule has 0 aromatic heterocycles. The summed E-state index contributed by atoms with van der Waals surface area (Å²) in [7, 11) is -3.35. The number of sulfonamides is 1. The molecule has 4 nitrogen and oxygen atoms in total. The van der Waals surface area contributed by atoms with Crippen LogP contribution in [0.4, 0.5) is 0 Å². The van der Waals surface area contributed by atoms with Gasteiger partial charge in [0.05, 0.1) is 11.5 Å². The second-order valence-electron chi connectivity index (χ2n) is 5.01. The molecule has 1 heterocycles. The summed E-state index contributed by atoms with van der Waals surface area (Å²) in [6.07, 6.45) is 2.05. The Morgan fingerprint density at radius 2 is 2.00 bits per heavy atom. The van der Waals surface area contributed by atoms with Gasteiger partial charge in [-0.05, 0) is 49.9 Å². The van der Waals surface area contributed by atoms with Crippen molar-refractivity contribution in [1.82, 2.24) is 4.31 Å². The third-order valence-corrected chi connectivity index (χ3v) is 5.27. The van der Waals surface area contributed by atoms with Gasteiger partial charge < -0.3 is 4.74 Å². The Morgan fingerprint density at radius 3 is 2.58 bits per heavy atom. The number of hydrogen-bond donors (Lipinski definition) is 0. The number of rotatable bonds is 4. The summed E-state index contributed by atoms with van der Waals surface area (Å²) >= 11 is 0. The first-order chi connectivity index (χ1) is 9.04. The van der Waals surface area contributed by atoms with E-state index in [0.29, 0.717) is 36.3 Å². The van der Waals surface area contributed by atoms with Crippen LogP contribution in [0.2, 0.25) is 0 Å². The van der Waals surface area contributed by atoms with E-state index in [1.165, 1.54) is 0 Å². The van der Waals surface area contributed by atoms with Crippen LogP contribution in [0, 0.1) is 5.92 Å². The summed E-state index contributed by atoms with van der Waals surface area (Å²) in [5, 5.41) is 0. The summed E-state index contributed by atoms with van der Waals surface area (Å²) in [6, 6.07) is 6.67. The van der Waals surface area contributed by atoms with Crippen molar-refractivity contribution in [3.05, 3.63) is 24.3 Å². The second-order valence-corrected chi connectivity index (χ2v) is 6.95. The zero-order chi connectivity index (χ0) is 13.9. The number of ether oxygens (including phenoxy) is 1. The van der Waals surface area contributed by atoms with E-state index in [2.05, 4.69) is 6.92 Å². The predicted molar refractivity (Wildman–Crippen MR) is 74.8 cm³/mol. The molecule has 2 rings (SSSR count). The zero-order valence-corrected chi connectivity index (χ0v) is 12.3. The molecule has 0 spiro atoms. The van der Waals surface area contributed by atoms with Crippen LogP contribution in [-0.2, 0) is 10.0 Å². The second kappa shape index (κ2) is 5.92. The lowest BCUT2D eigenvalue weighted by Crippen LogP contribution is -2.39. The molecule has 19 heavy (non-hydrogen) atoms. The van der Waals surface area contributed by atoms with Gasteiger partial charge in [0.2, 0.25) is 10.0 Å². The van der Waals surface area contributed by atoms with Crippen molar-refractivity contribution in [1.29, 1.82) is 0 Å². The van der Waals surface area contributed by atoms with Crippen molar-refractivity contribution in [2.45, 2.75) is 31.6 Å². The van der Waals surface area contributed by atoms with E-state index in [1.807, 2.05) is 6.92 Å². The topological polar surface area (TPSA) is 46.6 Å². The monoisotopic (exact) mass is 283 g/mol. The van der Waals surface area contributed by atoms with Crippen LogP contribution in [0.3, 0.4) is 0 Å². The molecule has 0 bridgehead atoms. The van der Waals surface area contributed by atoms with Crippen LogP contribution >= 0.6 is 0 Å². The first-order valence-corrected chi connectivity index (χ1v) is 8.21. The average molecular weight is 283 g/mol. The Bertz CT molecular complexity index is 510. The van der Waals surface area contributed by atoms with Crippen molar-refractivity contribution in [2.24, 2.45) is 5.92 Å². The number of piperidine rings is 1. The molecule has 1 aromatic carbocycles. The fraction of sp³-hybridized carbons (Fsp3) is 0.571. The molecule has 0 amide bonds. The molecule has 5 heteroatoms. The molecule has 0 saturated carbocycles. The van der Waals surface area contributed by atoms with Crippen molar-refractivity contribution in [3.63, 3.8) is 0 Å². The maximum absolute atomic E-state index is 12.5. The summed E-state index contributed by atoms with van der Waals surface area (Å²) in [5.74, 6) is 1.14. The molecule has 0 aliphatic carbocycles. The molecule has 1 saturated heterocycles.